The number of anilines is 1. The number of hydrogen-bond acceptors (Lipinski definition) is 5. The van der Waals surface area contributed by atoms with Crippen molar-refractivity contribution in [3.8, 4) is 17.2 Å². The molecule has 0 atom stereocenters. The van der Waals surface area contributed by atoms with Gasteiger partial charge in [0.15, 0.2) is 5.75 Å². The number of ether oxygens (including phenoxy) is 1. The van der Waals surface area contributed by atoms with E-state index in [1.807, 2.05) is 0 Å². The van der Waals surface area contributed by atoms with Crippen LogP contribution in [0.5, 0.6) is 17.2 Å². The molecule has 4 N–H and O–H groups in total. The van der Waals surface area contributed by atoms with Gasteiger partial charge in [-0.25, -0.2) is 9.87 Å². The van der Waals surface area contributed by atoms with Crippen LogP contribution < -0.4 is 15.5 Å². The van der Waals surface area contributed by atoms with Crippen LogP contribution in [0.25, 0.3) is 0 Å². The Morgan fingerprint density at radius 3 is 2.23 bits per heavy atom. The molecule has 0 radical (unpaired) electrons. The normalized spacial score (nSPS) is 10.5. The number of phenols is 1. The maximum Gasteiger partial charge on any atom is 0.332 e. The summed E-state index contributed by atoms with van der Waals surface area (Å²) in [6, 6.07) is 13.0. The van der Waals surface area contributed by atoms with Crippen molar-refractivity contribution in [1.82, 2.24) is 5.48 Å². The van der Waals surface area contributed by atoms with Gasteiger partial charge in [0.2, 0.25) is 0 Å². The number of rotatable bonds is 5. The lowest BCUT2D eigenvalue weighted by atomic mass is 10.0. The minimum Gasteiger partial charge on any atom is -0.508 e. The average molecular weight is 465 g/mol. The molecule has 0 aliphatic heterocycles. The monoisotopic (exact) mass is 464 g/mol. The van der Waals surface area contributed by atoms with Crippen LogP contribution in [0.15, 0.2) is 54.6 Å². The Bertz CT molecular complexity index is 1120. The highest BCUT2D eigenvalue weighted by Gasteiger charge is 2.17. The van der Waals surface area contributed by atoms with Gasteiger partial charge in [-0.05, 0) is 48.0 Å². The van der Waals surface area contributed by atoms with Gasteiger partial charge in [-0.2, -0.15) is 0 Å². The number of benzene rings is 3. The summed E-state index contributed by atoms with van der Waals surface area (Å²) in [5, 5.41) is 20.9. The lowest BCUT2D eigenvalue weighted by Crippen LogP contribution is -2.33. The summed E-state index contributed by atoms with van der Waals surface area (Å²) in [5.41, 5.74) is 2.64. The van der Waals surface area contributed by atoms with Crippen LogP contribution in [0.3, 0.4) is 0 Å². The summed E-state index contributed by atoms with van der Waals surface area (Å²) in [7, 11) is 0. The number of hydrogen-bond donors (Lipinski definition) is 4. The number of aromatic hydroxyl groups is 1. The number of nitrogens with one attached hydrogen (secondary N) is 2. The minimum absolute atomic E-state index is 0.0362. The van der Waals surface area contributed by atoms with Crippen LogP contribution in [0.2, 0.25) is 10.0 Å². The number of halogens is 3. The smallest absolute Gasteiger partial charge is 0.332 e. The van der Waals surface area contributed by atoms with Crippen molar-refractivity contribution in [2.24, 2.45) is 0 Å². The predicted molar refractivity (Wildman–Crippen MR) is 112 cm³/mol. The molecule has 0 bridgehead atoms. The Morgan fingerprint density at radius 1 is 0.968 bits per heavy atom. The third-order valence-electron chi connectivity index (χ3n) is 4.14. The van der Waals surface area contributed by atoms with Crippen molar-refractivity contribution < 1.29 is 29.0 Å². The van der Waals surface area contributed by atoms with Crippen LogP contribution >= 0.6 is 23.2 Å². The summed E-state index contributed by atoms with van der Waals surface area (Å²) in [5.74, 6) is -2.28. The molecule has 0 spiro atoms. The molecular formula is C21H15Cl2FN2O5. The SMILES string of the molecule is O=C(NO)C(=O)Nc1cc(Cl)c(Oc2ccc(O)c(Cc3ccc(F)cc3)c2)c(Cl)c1. The average Bonchev–Trinajstić information content (AvgIpc) is 2.74. The van der Waals surface area contributed by atoms with Gasteiger partial charge in [-0.15, -0.1) is 0 Å². The minimum atomic E-state index is -1.26. The fraction of sp³-hybridized carbons (Fsp3) is 0.0476. The van der Waals surface area contributed by atoms with E-state index in [0.717, 1.165) is 5.56 Å². The predicted octanol–water partition coefficient (Wildman–Crippen LogP) is 4.67. The van der Waals surface area contributed by atoms with E-state index in [1.165, 1.54) is 41.9 Å². The Balaban J connectivity index is 1.81. The van der Waals surface area contributed by atoms with Gasteiger partial charge in [0.05, 0.1) is 10.0 Å². The summed E-state index contributed by atoms with van der Waals surface area (Å²) in [6.07, 6.45) is 0.336. The number of amides is 2. The number of phenolic OH excluding ortho intramolecular Hbond substituents is 1. The van der Waals surface area contributed by atoms with E-state index < -0.39 is 11.8 Å². The summed E-state index contributed by atoms with van der Waals surface area (Å²) < 4.78 is 18.8. The molecule has 3 aromatic rings. The first kappa shape index (κ1) is 22.4. The zero-order valence-corrected chi connectivity index (χ0v) is 17.2. The number of carbonyl (C=O) groups excluding carboxylic acids is 2. The Labute approximate surface area is 185 Å². The van der Waals surface area contributed by atoms with Gasteiger partial charge in [0.1, 0.15) is 17.3 Å². The first-order valence-corrected chi connectivity index (χ1v) is 9.51. The second-order valence-corrected chi connectivity index (χ2v) is 7.17. The number of carbonyl (C=O) groups is 2. The van der Waals surface area contributed by atoms with Gasteiger partial charge in [0, 0.05) is 17.7 Å². The molecule has 160 valence electrons. The molecular weight excluding hydrogens is 450 g/mol. The highest BCUT2D eigenvalue weighted by atomic mass is 35.5. The van der Waals surface area contributed by atoms with E-state index in [4.69, 9.17) is 33.1 Å². The molecule has 31 heavy (non-hydrogen) atoms. The zero-order chi connectivity index (χ0) is 22.5. The molecule has 3 aromatic carbocycles. The molecule has 0 aliphatic carbocycles. The van der Waals surface area contributed by atoms with Crippen LogP contribution in [0.1, 0.15) is 11.1 Å². The molecule has 0 unspecified atom stereocenters. The third-order valence-corrected chi connectivity index (χ3v) is 4.70. The summed E-state index contributed by atoms with van der Waals surface area (Å²) in [4.78, 5) is 22.6. The molecule has 0 saturated carbocycles. The topological polar surface area (TPSA) is 108 Å². The maximum atomic E-state index is 13.1. The van der Waals surface area contributed by atoms with E-state index >= 15 is 0 Å². The molecule has 3 rings (SSSR count). The standard InChI is InChI=1S/C21H15Cl2FN2O5/c22-16-9-14(25-20(28)21(29)26-30)10-17(23)19(16)31-15-5-6-18(27)12(8-15)7-11-1-3-13(24)4-2-11/h1-6,8-10,27,30H,7H2,(H,25,28)(H,26,29). The first-order chi connectivity index (χ1) is 14.8. The van der Waals surface area contributed by atoms with Gasteiger partial charge in [0.25, 0.3) is 0 Å². The molecule has 10 heteroatoms. The Hall–Kier alpha value is -3.33. The Kier molecular flexibility index (Phi) is 6.96. The van der Waals surface area contributed by atoms with Crippen LogP contribution in [0, 0.1) is 5.82 Å². The highest BCUT2D eigenvalue weighted by molar-refractivity contribution is 6.40. The lowest BCUT2D eigenvalue weighted by Gasteiger charge is -2.13. The van der Waals surface area contributed by atoms with E-state index in [-0.39, 0.29) is 33.0 Å². The summed E-state index contributed by atoms with van der Waals surface area (Å²) in [6.45, 7) is 0. The highest BCUT2D eigenvalue weighted by Crippen LogP contribution is 2.39. The fourth-order valence-electron chi connectivity index (χ4n) is 2.68. The van der Waals surface area contributed by atoms with Gasteiger partial charge < -0.3 is 15.2 Å². The van der Waals surface area contributed by atoms with Crippen molar-refractivity contribution in [3.05, 3.63) is 81.6 Å². The molecule has 2 amide bonds. The van der Waals surface area contributed by atoms with E-state index in [2.05, 4.69) is 5.32 Å². The van der Waals surface area contributed by atoms with Crippen LogP contribution in [-0.2, 0) is 16.0 Å². The largest absolute Gasteiger partial charge is 0.508 e. The van der Waals surface area contributed by atoms with E-state index in [9.17, 15) is 19.1 Å². The number of hydroxylamine groups is 1. The second-order valence-electron chi connectivity index (χ2n) is 6.36. The first-order valence-electron chi connectivity index (χ1n) is 8.75. The van der Waals surface area contributed by atoms with Gasteiger partial charge in [-0.1, -0.05) is 35.3 Å². The van der Waals surface area contributed by atoms with Crippen LogP contribution in [-0.4, -0.2) is 22.1 Å². The van der Waals surface area contributed by atoms with Gasteiger partial charge in [-0.3, -0.25) is 14.8 Å². The van der Waals surface area contributed by atoms with Crippen molar-refractivity contribution in [1.29, 1.82) is 0 Å². The van der Waals surface area contributed by atoms with E-state index in [1.54, 1.807) is 18.2 Å². The van der Waals surface area contributed by atoms with Crippen LogP contribution in [0.4, 0.5) is 10.1 Å². The van der Waals surface area contributed by atoms with Crippen molar-refractivity contribution in [2.45, 2.75) is 6.42 Å². The van der Waals surface area contributed by atoms with Crippen molar-refractivity contribution in [2.75, 3.05) is 5.32 Å². The van der Waals surface area contributed by atoms with Gasteiger partial charge >= 0.3 is 11.8 Å². The molecule has 0 aliphatic rings. The zero-order valence-electron chi connectivity index (χ0n) is 15.7. The Morgan fingerprint density at radius 2 is 1.61 bits per heavy atom. The summed E-state index contributed by atoms with van der Waals surface area (Å²) >= 11 is 12.4. The molecule has 0 aromatic heterocycles. The fourth-order valence-corrected chi connectivity index (χ4v) is 3.24. The molecule has 0 saturated heterocycles. The van der Waals surface area contributed by atoms with Crippen molar-refractivity contribution >= 4 is 40.7 Å². The molecule has 0 heterocycles. The lowest BCUT2D eigenvalue weighted by molar-refractivity contribution is -0.141. The molecule has 7 nitrogen and oxygen atoms in total. The maximum absolute atomic E-state index is 13.1. The molecule has 0 fully saturated rings. The van der Waals surface area contributed by atoms with E-state index in [0.29, 0.717) is 17.7 Å². The second kappa shape index (κ2) is 9.65. The third kappa shape index (κ3) is 5.64. The van der Waals surface area contributed by atoms with Crippen molar-refractivity contribution in [3.63, 3.8) is 0 Å². The quantitative estimate of drug-likeness (QED) is 0.249.